The number of phenolic OH excluding ortho intramolecular Hbond substituents is 1. The highest BCUT2D eigenvalue weighted by Gasteiger charge is 2.15. The topological polar surface area (TPSA) is 92.4 Å². The van der Waals surface area contributed by atoms with Gasteiger partial charge in [0, 0.05) is 5.56 Å². The molecule has 6 nitrogen and oxygen atoms in total. The lowest BCUT2D eigenvalue weighted by Gasteiger charge is -2.08. The van der Waals surface area contributed by atoms with Crippen LogP contribution in [0.25, 0.3) is 11.3 Å². The molecule has 0 amide bonds. The van der Waals surface area contributed by atoms with E-state index in [4.69, 9.17) is 4.42 Å². The highest BCUT2D eigenvalue weighted by Crippen LogP contribution is 2.31. The minimum Gasteiger partial charge on any atom is -0.506 e. The molecule has 0 bridgehead atoms. The number of oxazole rings is 1. The van der Waals surface area contributed by atoms with Crippen LogP contribution in [0, 0.1) is 0 Å². The first-order chi connectivity index (χ1) is 11.5. The van der Waals surface area contributed by atoms with Crippen LogP contribution < -0.4 is 5.32 Å². The molecule has 0 fully saturated rings. The predicted octanol–water partition coefficient (Wildman–Crippen LogP) is 3.58. The standard InChI is InChI=1S/C17H16N2O4S/c1-2-24(21,22)13-8-9-15(20)14(10-13)19-17-18-11-16(23-17)12-6-4-3-5-7-12/h3-11,20H,2H2,1H3,(H,18,19). The summed E-state index contributed by atoms with van der Waals surface area (Å²) >= 11 is 0. The van der Waals surface area contributed by atoms with E-state index in [2.05, 4.69) is 10.3 Å². The van der Waals surface area contributed by atoms with Gasteiger partial charge in [-0.15, -0.1) is 0 Å². The smallest absolute Gasteiger partial charge is 0.299 e. The third-order valence-electron chi connectivity index (χ3n) is 3.51. The lowest BCUT2D eigenvalue weighted by atomic mass is 10.2. The number of hydrogen-bond donors (Lipinski definition) is 2. The molecule has 2 N–H and O–H groups in total. The lowest BCUT2D eigenvalue weighted by Crippen LogP contribution is -2.04. The van der Waals surface area contributed by atoms with Crippen LogP contribution in [0.2, 0.25) is 0 Å². The van der Waals surface area contributed by atoms with Gasteiger partial charge in [-0.25, -0.2) is 13.4 Å². The molecular formula is C17H16N2O4S. The summed E-state index contributed by atoms with van der Waals surface area (Å²) in [5, 5.41) is 12.7. The number of nitrogens with one attached hydrogen (secondary N) is 1. The Morgan fingerprint density at radius 1 is 1.17 bits per heavy atom. The van der Waals surface area contributed by atoms with Gasteiger partial charge in [0.25, 0.3) is 6.01 Å². The van der Waals surface area contributed by atoms with E-state index < -0.39 is 9.84 Å². The van der Waals surface area contributed by atoms with E-state index in [9.17, 15) is 13.5 Å². The number of benzene rings is 2. The zero-order valence-electron chi connectivity index (χ0n) is 12.9. The zero-order valence-corrected chi connectivity index (χ0v) is 13.7. The predicted molar refractivity (Wildman–Crippen MR) is 91.1 cm³/mol. The van der Waals surface area contributed by atoms with Crippen molar-refractivity contribution in [1.29, 1.82) is 0 Å². The van der Waals surface area contributed by atoms with Gasteiger partial charge in [0.05, 0.1) is 22.5 Å². The van der Waals surface area contributed by atoms with Gasteiger partial charge in [0.15, 0.2) is 15.6 Å². The summed E-state index contributed by atoms with van der Waals surface area (Å²) < 4.78 is 29.5. The van der Waals surface area contributed by atoms with E-state index in [-0.39, 0.29) is 28.1 Å². The summed E-state index contributed by atoms with van der Waals surface area (Å²) in [5.41, 5.74) is 1.08. The Morgan fingerprint density at radius 3 is 2.62 bits per heavy atom. The molecule has 0 radical (unpaired) electrons. The molecule has 0 spiro atoms. The first kappa shape index (κ1) is 16.1. The highest BCUT2D eigenvalue weighted by molar-refractivity contribution is 7.91. The average Bonchev–Trinajstić information content (AvgIpc) is 3.06. The van der Waals surface area contributed by atoms with Crippen LogP contribution in [0.4, 0.5) is 11.7 Å². The molecule has 1 aromatic heterocycles. The van der Waals surface area contributed by atoms with Crippen molar-refractivity contribution in [2.75, 3.05) is 11.1 Å². The van der Waals surface area contributed by atoms with Crippen molar-refractivity contribution >= 4 is 21.5 Å². The van der Waals surface area contributed by atoms with Crippen LogP contribution in [0.5, 0.6) is 5.75 Å². The minimum atomic E-state index is -3.37. The van der Waals surface area contributed by atoms with E-state index in [1.165, 1.54) is 18.2 Å². The maximum Gasteiger partial charge on any atom is 0.299 e. The molecular weight excluding hydrogens is 328 g/mol. The van der Waals surface area contributed by atoms with E-state index >= 15 is 0 Å². The number of hydrogen-bond acceptors (Lipinski definition) is 6. The Balaban J connectivity index is 1.89. The summed E-state index contributed by atoms with van der Waals surface area (Å²) in [4.78, 5) is 4.23. The largest absolute Gasteiger partial charge is 0.506 e. The normalized spacial score (nSPS) is 11.4. The third-order valence-corrected chi connectivity index (χ3v) is 5.25. The molecule has 0 aliphatic heterocycles. The van der Waals surface area contributed by atoms with Crippen LogP contribution in [-0.4, -0.2) is 24.3 Å². The van der Waals surface area contributed by atoms with Gasteiger partial charge in [0.1, 0.15) is 5.75 Å². The second kappa shape index (κ2) is 6.37. The van der Waals surface area contributed by atoms with Crippen LogP contribution >= 0.6 is 0 Å². The van der Waals surface area contributed by atoms with Gasteiger partial charge >= 0.3 is 0 Å². The fourth-order valence-electron chi connectivity index (χ4n) is 2.16. The molecule has 1 heterocycles. The fraction of sp³-hybridized carbons (Fsp3) is 0.118. The lowest BCUT2D eigenvalue weighted by molar-refractivity contribution is 0.476. The number of anilines is 2. The molecule has 3 aromatic rings. The Bertz CT molecular complexity index is 950. The molecule has 0 saturated carbocycles. The van der Waals surface area contributed by atoms with Crippen molar-refractivity contribution in [3.8, 4) is 17.1 Å². The Kier molecular flexibility index (Phi) is 4.26. The van der Waals surface area contributed by atoms with Crippen molar-refractivity contribution in [3.63, 3.8) is 0 Å². The summed E-state index contributed by atoms with van der Waals surface area (Å²) in [6, 6.07) is 13.7. The second-order valence-corrected chi connectivity index (χ2v) is 7.38. The van der Waals surface area contributed by atoms with Gasteiger partial charge in [-0.2, -0.15) is 0 Å². The summed E-state index contributed by atoms with van der Waals surface area (Å²) in [7, 11) is -3.37. The van der Waals surface area contributed by atoms with Gasteiger partial charge < -0.3 is 14.8 Å². The molecule has 124 valence electrons. The average molecular weight is 344 g/mol. The second-order valence-electron chi connectivity index (χ2n) is 5.10. The maximum absolute atomic E-state index is 12.0. The maximum atomic E-state index is 12.0. The Hall–Kier alpha value is -2.80. The third kappa shape index (κ3) is 3.26. The van der Waals surface area contributed by atoms with Crippen LogP contribution in [-0.2, 0) is 9.84 Å². The van der Waals surface area contributed by atoms with E-state index in [0.717, 1.165) is 5.56 Å². The van der Waals surface area contributed by atoms with Crippen LogP contribution in [0.3, 0.4) is 0 Å². The number of rotatable bonds is 5. The summed E-state index contributed by atoms with van der Waals surface area (Å²) in [6.07, 6.45) is 1.56. The molecule has 3 rings (SSSR count). The molecule has 2 aromatic carbocycles. The zero-order chi connectivity index (χ0) is 17.2. The van der Waals surface area contributed by atoms with Gasteiger partial charge in [0.2, 0.25) is 0 Å². The van der Waals surface area contributed by atoms with E-state index in [1.54, 1.807) is 13.1 Å². The number of phenols is 1. The quantitative estimate of drug-likeness (QED) is 0.687. The molecule has 7 heteroatoms. The summed E-state index contributed by atoms with van der Waals surface area (Å²) in [5.74, 6) is 0.452. The van der Waals surface area contributed by atoms with E-state index in [0.29, 0.717) is 5.76 Å². The molecule has 0 saturated heterocycles. The van der Waals surface area contributed by atoms with Crippen molar-refractivity contribution < 1.29 is 17.9 Å². The first-order valence-electron chi connectivity index (χ1n) is 7.33. The van der Waals surface area contributed by atoms with Crippen molar-refractivity contribution in [3.05, 3.63) is 54.7 Å². The molecule has 0 aliphatic rings. The number of aromatic nitrogens is 1. The minimum absolute atomic E-state index is 0.0195. The van der Waals surface area contributed by atoms with E-state index in [1.807, 2.05) is 30.3 Å². The molecule has 0 unspecified atom stereocenters. The van der Waals surface area contributed by atoms with Gasteiger partial charge in [-0.1, -0.05) is 37.3 Å². The highest BCUT2D eigenvalue weighted by atomic mass is 32.2. The number of aromatic hydroxyl groups is 1. The Morgan fingerprint density at radius 2 is 1.92 bits per heavy atom. The van der Waals surface area contributed by atoms with Crippen molar-refractivity contribution in [2.24, 2.45) is 0 Å². The molecule has 24 heavy (non-hydrogen) atoms. The van der Waals surface area contributed by atoms with Crippen molar-refractivity contribution in [1.82, 2.24) is 4.98 Å². The first-order valence-corrected chi connectivity index (χ1v) is 8.99. The Labute approximate surface area is 139 Å². The SMILES string of the molecule is CCS(=O)(=O)c1ccc(O)c(Nc2ncc(-c3ccccc3)o2)c1. The van der Waals surface area contributed by atoms with Crippen LogP contribution in [0.1, 0.15) is 6.92 Å². The van der Waals surface area contributed by atoms with Crippen molar-refractivity contribution in [2.45, 2.75) is 11.8 Å². The van der Waals surface area contributed by atoms with Crippen LogP contribution in [0.15, 0.2) is 64.0 Å². The van der Waals surface area contributed by atoms with Gasteiger partial charge in [-0.3, -0.25) is 0 Å². The molecule has 0 atom stereocenters. The summed E-state index contributed by atoms with van der Waals surface area (Å²) in [6.45, 7) is 1.56. The number of nitrogens with zero attached hydrogens (tertiary/aromatic N) is 1. The monoisotopic (exact) mass is 344 g/mol. The fourth-order valence-corrected chi connectivity index (χ4v) is 3.06. The molecule has 0 aliphatic carbocycles. The number of sulfone groups is 1. The van der Waals surface area contributed by atoms with Gasteiger partial charge in [-0.05, 0) is 18.2 Å².